The minimum Gasteiger partial charge on any atom is -0.496 e. The van der Waals surface area contributed by atoms with Gasteiger partial charge in [0.25, 0.3) is 0 Å². The van der Waals surface area contributed by atoms with Crippen molar-refractivity contribution in [1.82, 2.24) is 10.2 Å². The van der Waals surface area contributed by atoms with Crippen molar-refractivity contribution in [3.05, 3.63) is 28.8 Å². The third kappa shape index (κ3) is 4.32. The molecule has 5 nitrogen and oxygen atoms in total. The molecule has 0 spiro atoms. The standard InChI is InChI=1S/C15H20ClFN2O3/c1-22-14-3-2-11(16)4-10(14)6-18-15(21)8-19-7-12(17)5-13(19)9-20/h2-4,12-13,20H,5-9H2,1H3,(H,18,21)/t12-,13-/m0/s1. The highest BCUT2D eigenvalue weighted by Gasteiger charge is 2.32. The molecule has 1 fully saturated rings. The molecule has 0 aromatic heterocycles. The van der Waals surface area contributed by atoms with E-state index in [0.717, 1.165) is 5.56 Å². The molecule has 2 rings (SSSR count). The molecule has 0 saturated carbocycles. The van der Waals surface area contributed by atoms with Gasteiger partial charge in [-0.3, -0.25) is 9.69 Å². The molecule has 0 bridgehead atoms. The van der Waals surface area contributed by atoms with Crippen LogP contribution in [0.1, 0.15) is 12.0 Å². The lowest BCUT2D eigenvalue weighted by molar-refractivity contribution is -0.122. The number of likely N-dealkylation sites (tertiary alicyclic amines) is 1. The molecule has 1 heterocycles. The zero-order valence-corrected chi connectivity index (χ0v) is 13.1. The molecule has 2 atom stereocenters. The molecule has 1 aromatic carbocycles. The predicted molar refractivity (Wildman–Crippen MR) is 81.8 cm³/mol. The van der Waals surface area contributed by atoms with Crippen LogP contribution in [0.2, 0.25) is 5.02 Å². The number of carbonyl (C=O) groups excluding carboxylic acids is 1. The van der Waals surface area contributed by atoms with Crippen molar-refractivity contribution in [3.63, 3.8) is 0 Å². The quantitative estimate of drug-likeness (QED) is 0.827. The number of rotatable bonds is 6. The molecule has 1 aliphatic rings. The summed E-state index contributed by atoms with van der Waals surface area (Å²) in [5.41, 5.74) is 0.770. The van der Waals surface area contributed by atoms with Crippen LogP contribution < -0.4 is 10.1 Å². The van der Waals surface area contributed by atoms with Gasteiger partial charge in [0, 0.05) is 29.7 Å². The van der Waals surface area contributed by atoms with E-state index >= 15 is 0 Å². The lowest BCUT2D eigenvalue weighted by Gasteiger charge is -2.21. The third-order valence-electron chi connectivity index (χ3n) is 3.75. The highest BCUT2D eigenvalue weighted by Crippen LogP contribution is 2.22. The number of methoxy groups -OCH3 is 1. The van der Waals surface area contributed by atoms with Gasteiger partial charge in [-0.25, -0.2) is 4.39 Å². The molecule has 0 aliphatic carbocycles. The summed E-state index contributed by atoms with van der Waals surface area (Å²) in [7, 11) is 1.55. The van der Waals surface area contributed by atoms with Gasteiger partial charge in [-0.1, -0.05) is 11.6 Å². The molecule has 1 aliphatic heterocycles. The maximum absolute atomic E-state index is 13.3. The van der Waals surface area contributed by atoms with Crippen molar-refractivity contribution < 1.29 is 19.0 Å². The summed E-state index contributed by atoms with van der Waals surface area (Å²) in [5.74, 6) is 0.414. The van der Waals surface area contributed by atoms with Gasteiger partial charge in [-0.2, -0.15) is 0 Å². The van der Waals surface area contributed by atoms with E-state index in [0.29, 0.717) is 10.8 Å². The number of aliphatic hydroxyl groups is 1. The number of carbonyl (C=O) groups is 1. The van der Waals surface area contributed by atoms with Crippen LogP contribution >= 0.6 is 11.6 Å². The largest absolute Gasteiger partial charge is 0.496 e. The van der Waals surface area contributed by atoms with Crippen LogP contribution in [0.4, 0.5) is 4.39 Å². The Bertz CT molecular complexity index is 530. The first kappa shape index (κ1) is 17.0. The maximum atomic E-state index is 13.3. The molecule has 0 radical (unpaired) electrons. The maximum Gasteiger partial charge on any atom is 0.234 e. The Balaban J connectivity index is 1.89. The summed E-state index contributed by atoms with van der Waals surface area (Å²) in [4.78, 5) is 13.7. The van der Waals surface area contributed by atoms with Gasteiger partial charge in [0.1, 0.15) is 11.9 Å². The van der Waals surface area contributed by atoms with Crippen molar-refractivity contribution in [2.24, 2.45) is 0 Å². The number of alkyl halides is 1. The summed E-state index contributed by atoms with van der Waals surface area (Å²) in [6, 6.07) is 4.88. The predicted octanol–water partition coefficient (Wildman–Crippen LogP) is 1.37. The van der Waals surface area contributed by atoms with Crippen LogP contribution in [0.3, 0.4) is 0 Å². The fourth-order valence-electron chi connectivity index (χ4n) is 2.63. The van der Waals surface area contributed by atoms with Crippen molar-refractivity contribution in [1.29, 1.82) is 0 Å². The zero-order valence-electron chi connectivity index (χ0n) is 12.4. The first-order valence-electron chi connectivity index (χ1n) is 7.11. The number of aliphatic hydroxyl groups excluding tert-OH is 1. The van der Waals surface area contributed by atoms with Crippen LogP contribution in [-0.4, -0.2) is 54.9 Å². The number of ether oxygens (including phenoxy) is 1. The van der Waals surface area contributed by atoms with Gasteiger partial charge >= 0.3 is 0 Å². The van der Waals surface area contributed by atoms with Gasteiger partial charge in [-0.15, -0.1) is 0 Å². The second-order valence-electron chi connectivity index (χ2n) is 5.33. The number of benzene rings is 1. The zero-order chi connectivity index (χ0) is 16.1. The number of nitrogens with one attached hydrogen (secondary N) is 1. The molecule has 1 aromatic rings. The number of hydrogen-bond acceptors (Lipinski definition) is 4. The van der Waals surface area contributed by atoms with E-state index < -0.39 is 6.17 Å². The SMILES string of the molecule is COc1ccc(Cl)cc1CNC(=O)CN1C[C@@H](F)C[C@H]1CO. The van der Waals surface area contributed by atoms with E-state index in [2.05, 4.69) is 5.32 Å². The Hall–Kier alpha value is -1.37. The topological polar surface area (TPSA) is 61.8 Å². The summed E-state index contributed by atoms with van der Waals surface area (Å²) in [5, 5.41) is 12.5. The van der Waals surface area contributed by atoms with Crippen LogP contribution in [0.5, 0.6) is 5.75 Å². The Morgan fingerprint density at radius 1 is 1.59 bits per heavy atom. The number of hydrogen-bond donors (Lipinski definition) is 2. The van der Waals surface area contributed by atoms with Gasteiger partial charge in [-0.05, 0) is 24.6 Å². The van der Waals surface area contributed by atoms with Crippen LogP contribution in [-0.2, 0) is 11.3 Å². The summed E-state index contributed by atoms with van der Waals surface area (Å²) in [6.07, 6.45) is -0.718. The van der Waals surface area contributed by atoms with Crippen molar-refractivity contribution in [3.8, 4) is 5.75 Å². The fourth-order valence-corrected chi connectivity index (χ4v) is 2.82. The van der Waals surface area contributed by atoms with Gasteiger partial charge in [0.2, 0.25) is 5.91 Å². The second kappa shape index (κ2) is 7.76. The van der Waals surface area contributed by atoms with E-state index in [1.807, 2.05) is 0 Å². The summed E-state index contributed by atoms with van der Waals surface area (Å²) >= 11 is 5.93. The Morgan fingerprint density at radius 2 is 2.36 bits per heavy atom. The summed E-state index contributed by atoms with van der Waals surface area (Å²) in [6.45, 7) is 0.378. The van der Waals surface area contributed by atoms with Crippen molar-refractivity contribution >= 4 is 17.5 Å². The molecule has 2 N–H and O–H groups in total. The van der Waals surface area contributed by atoms with E-state index in [1.54, 1.807) is 30.2 Å². The summed E-state index contributed by atoms with van der Waals surface area (Å²) < 4.78 is 18.6. The Kier molecular flexibility index (Phi) is 5.99. The lowest BCUT2D eigenvalue weighted by Crippen LogP contribution is -2.41. The van der Waals surface area contributed by atoms with Gasteiger partial charge in [0.15, 0.2) is 0 Å². The van der Waals surface area contributed by atoms with Crippen LogP contribution in [0, 0.1) is 0 Å². The number of nitrogens with zero attached hydrogens (tertiary/aromatic N) is 1. The second-order valence-corrected chi connectivity index (χ2v) is 5.77. The van der Waals surface area contributed by atoms with E-state index in [1.165, 1.54) is 0 Å². The molecule has 7 heteroatoms. The molecular formula is C15H20ClFN2O3. The molecule has 22 heavy (non-hydrogen) atoms. The first-order valence-corrected chi connectivity index (χ1v) is 7.49. The molecular weight excluding hydrogens is 311 g/mol. The van der Waals surface area contributed by atoms with Crippen molar-refractivity contribution in [2.75, 3.05) is 26.8 Å². The van der Waals surface area contributed by atoms with E-state index in [9.17, 15) is 14.3 Å². The fraction of sp³-hybridized carbons (Fsp3) is 0.533. The average molecular weight is 331 g/mol. The van der Waals surface area contributed by atoms with E-state index in [4.69, 9.17) is 16.3 Å². The third-order valence-corrected chi connectivity index (χ3v) is 3.99. The molecule has 1 saturated heterocycles. The monoisotopic (exact) mass is 330 g/mol. The normalized spacial score (nSPS) is 21.8. The lowest BCUT2D eigenvalue weighted by atomic mass is 10.2. The van der Waals surface area contributed by atoms with Crippen molar-refractivity contribution in [2.45, 2.75) is 25.2 Å². The highest BCUT2D eigenvalue weighted by atomic mass is 35.5. The molecule has 0 unspecified atom stereocenters. The van der Waals surface area contributed by atoms with Gasteiger partial charge in [0.05, 0.1) is 20.3 Å². The minimum atomic E-state index is -0.988. The van der Waals surface area contributed by atoms with Crippen LogP contribution in [0.25, 0.3) is 0 Å². The Morgan fingerprint density at radius 3 is 3.05 bits per heavy atom. The Labute approximate surface area is 134 Å². The van der Waals surface area contributed by atoms with Gasteiger partial charge < -0.3 is 15.2 Å². The average Bonchev–Trinajstić information content (AvgIpc) is 2.85. The first-order chi connectivity index (χ1) is 10.5. The number of amides is 1. The minimum absolute atomic E-state index is 0.0640. The molecule has 122 valence electrons. The highest BCUT2D eigenvalue weighted by molar-refractivity contribution is 6.30. The smallest absolute Gasteiger partial charge is 0.234 e. The van der Waals surface area contributed by atoms with E-state index in [-0.39, 0.29) is 44.6 Å². The molecule has 1 amide bonds. The number of halogens is 2. The van der Waals surface area contributed by atoms with Crippen LogP contribution in [0.15, 0.2) is 18.2 Å².